The van der Waals surface area contributed by atoms with E-state index in [1.165, 1.54) is 22.1 Å². The van der Waals surface area contributed by atoms with E-state index in [9.17, 15) is 0 Å². The maximum absolute atomic E-state index is 5.47. The summed E-state index contributed by atoms with van der Waals surface area (Å²) in [4.78, 5) is 2.40. The molecular formula is C19H19NO. The number of hydrogen-bond donors (Lipinski definition) is 0. The monoisotopic (exact) mass is 277 g/mol. The van der Waals surface area contributed by atoms with Gasteiger partial charge in [-0.15, -0.1) is 0 Å². The van der Waals surface area contributed by atoms with E-state index in [4.69, 9.17) is 4.42 Å². The van der Waals surface area contributed by atoms with E-state index in [-0.39, 0.29) is 5.41 Å². The van der Waals surface area contributed by atoms with Crippen LogP contribution in [0.4, 0.5) is 0 Å². The molecule has 1 aliphatic heterocycles. The topological polar surface area (TPSA) is 16.4 Å². The van der Waals surface area contributed by atoms with Crippen molar-refractivity contribution in [3.05, 3.63) is 71.5 Å². The first-order valence-corrected chi connectivity index (χ1v) is 7.41. The minimum absolute atomic E-state index is 0.0229. The van der Waals surface area contributed by atoms with E-state index in [1.807, 2.05) is 6.07 Å². The number of hydrogen-bond acceptors (Lipinski definition) is 2. The molecule has 1 aliphatic rings. The van der Waals surface area contributed by atoms with Gasteiger partial charge in [0.1, 0.15) is 5.58 Å². The third kappa shape index (κ3) is 1.90. The number of fused-ring (bicyclic) bond motifs is 2. The minimum Gasteiger partial charge on any atom is -0.464 e. The van der Waals surface area contributed by atoms with E-state index < -0.39 is 0 Å². The van der Waals surface area contributed by atoms with Gasteiger partial charge in [0, 0.05) is 23.9 Å². The highest BCUT2D eigenvalue weighted by atomic mass is 16.3. The molecule has 0 aliphatic carbocycles. The van der Waals surface area contributed by atoms with Gasteiger partial charge in [0.25, 0.3) is 0 Å². The van der Waals surface area contributed by atoms with Crippen LogP contribution in [0.2, 0.25) is 0 Å². The molecule has 1 aromatic heterocycles. The van der Waals surface area contributed by atoms with Crippen molar-refractivity contribution >= 4 is 11.0 Å². The van der Waals surface area contributed by atoms with Crippen molar-refractivity contribution in [1.29, 1.82) is 0 Å². The second-order valence-corrected chi connectivity index (χ2v) is 6.33. The summed E-state index contributed by atoms with van der Waals surface area (Å²) >= 11 is 0. The predicted molar refractivity (Wildman–Crippen MR) is 85.4 cm³/mol. The Balaban J connectivity index is 1.92. The van der Waals surface area contributed by atoms with Crippen LogP contribution in [-0.4, -0.2) is 18.5 Å². The maximum Gasteiger partial charge on any atom is 0.133 e. The van der Waals surface area contributed by atoms with E-state index in [2.05, 4.69) is 61.3 Å². The van der Waals surface area contributed by atoms with Crippen LogP contribution in [0.1, 0.15) is 23.6 Å². The first-order valence-electron chi connectivity index (χ1n) is 7.41. The molecular weight excluding hydrogens is 258 g/mol. The third-order valence-electron chi connectivity index (χ3n) is 4.73. The lowest BCUT2D eigenvalue weighted by Crippen LogP contribution is -2.42. The van der Waals surface area contributed by atoms with Crippen LogP contribution >= 0.6 is 0 Å². The van der Waals surface area contributed by atoms with Crippen molar-refractivity contribution in [3.8, 4) is 0 Å². The van der Waals surface area contributed by atoms with Crippen LogP contribution in [0.3, 0.4) is 0 Å². The van der Waals surface area contributed by atoms with Crippen LogP contribution in [0.5, 0.6) is 0 Å². The summed E-state index contributed by atoms with van der Waals surface area (Å²) in [5.74, 6) is 0. The Kier molecular flexibility index (Phi) is 2.69. The molecule has 0 saturated carbocycles. The number of furan rings is 1. The number of likely N-dealkylation sites (N-methyl/N-ethyl adjacent to an activating group) is 1. The number of nitrogens with zero attached hydrogens (tertiary/aromatic N) is 1. The molecule has 2 heterocycles. The summed E-state index contributed by atoms with van der Waals surface area (Å²) in [5.41, 5.74) is 5.22. The normalized spacial score (nSPS) is 22.4. The molecule has 0 radical (unpaired) electrons. The SMILES string of the molecule is CN1Cc2ccccc2C(C)(c2ccc3occc3c2)C1. The van der Waals surface area contributed by atoms with Crippen LogP contribution in [0, 0.1) is 0 Å². The van der Waals surface area contributed by atoms with Gasteiger partial charge in [0.15, 0.2) is 0 Å². The van der Waals surface area contributed by atoms with Crippen molar-refractivity contribution in [2.45, 2.75) is 18.9 Å². The molecule has 0 bridgehead atoms. The molecule has 1 atom stereocenters. The largest absolute Gasteiger partial charge is 0.464 e. The van der Waals surface area contributed by atoms with Crippen molar-refractivity contribution in [1.82, 2.24) is 4.90 Å². The molecule has 0 N–H and O–H groups in total. The van der Waals surface area contributed by atoms with E-state index in [0.717, 1.165) is 18.7 Å². The van der Waals surface area contributed by atoms with Crippen LogP contribution < -0.4 is 0 Å². The third-order valence-corrected chi connectivity index (χ3v) is 4.73. The Bertz CT molecular complexity index is 804. The van der Waals surface area contributed by atoms with Gasteiger partial charge in [-0.1, -0.05) is 37.3 Å². The lowest BCUT2D eigenvalue weighted by Gasteiger charge is -2.41. The van der Waals surface area contributed by atoms with Gasteiger partial charge in [-0.25, -0.2) is 0 Å². The van der Waals surface area contributed by atoms with Crippen LogP contribution in [-0.2, 0) is 12.0 Å². The van der Waals surface area contributed by atoms with Crippen molar-refractivity contribution < 1.29 is 4.42 Å². The maximum atomic E-state index is 5.47. The Morgan fingerprint density at radius 1 is 1.10 bits per heavy atom. The van der Waals surface area contributed by atoms with Gasteiger partial charge in [0.2, 0.25) is 0 Å². The number of benzene rings is 2. The average Bonchev–Trinajstić information content (AvgIpc) is 2.94. The van der Waals surface area contributed by atoms with Crippen molar-refractivity contribution in [2.75, 3.05) is 13.6 Å². The van der Waals surface area contributed by atoms with Gasteiger partial charge < -0.3 is 9.32 Å². The first-order chi connectivity index (χ1) is 10.2. The average molecular weight is 277 g/mol. The highest BCUT2D eigenvalue weighted by molar-refractivity contribution is 5.78. The zero-order valence-corrected chi connectivity index (χ0v) is 12.5. The lowest BCUT2D eigenvalue weighted by molar-refractivity contribution is 0.248. The lowest BCUT2D eigenvalue weighted by atomic mass is 9.72. The summed E-state index contributed by atoms with van der Waals surface area (Å²) < 4.78 is 5.47. The molecule has 106 valence electrons. The van der Waals surface area contributed by atoms with E-state index in [1.54, 1.807) is 6.26 Å². The molecule has 0 spiro atoms. The van der Waals surface area contributed by atoms with Gasteiger partial charge in [-0.05, 0) is 41.9 Å². The fourth-order valence-electron chi connectivity index (χ4n) is 3.72. The second kappa shape index (κ2) is 4.47. The Morgan fingerprint density at radius 2 is 1.95 bits per heavy atom. The molecule has 0 saturated heterocycles. The molecule has 1 unspecified atom stereocenters. The Hall–Kier alpha value is -2.06. The summed E-state index contributed by atoms with van der Waals surface area (Å²) in [7, 11) is 2.20. The summed E-state index contributed by atoms with van der Waals surface area (Å²) in [6.45, 7) is 4.41. The molecule has 4 rings (SSSR count). The van der Waals surface area contributed by atoms with Crippen molar-refractivity contribution in [2.24, 2.45) is 0 Å². The Morgan fingerprint density at radius 3 is 2.86 bits per heavy atom. The minimum atomic E-state index is 0.0229. The fourth-order valence-corrected chi connectivity index (χ4v) is 3.72. The Labute approximate surface area is 125 Å². The molecule has 0 fully saturated rings. The van der Waals surface area contributed by atoms with Crippen LogP contribution in [0.15, 0.2) is 59.2 Å². The molecule has 3 aromatic rings. The molecule has 2 nitrogen and oxygen atoms in total. The molecule has 21 heavy (non-hydrogen) atoms. The van der Waals surface area contributed by atoms with E-state index >= 15 is 0 Å². The summed E-state index contributed by atoms with van der Waals surface area (Å²) in [5, 5.41) is 1.18. The first kappa shape index (κ1) is 12.7. The quantitative estimate of drug-likeness (QED) is 0.663. The van der Waals surface area contributed by atoms with Crippen LogP contribution in [0.25, 0.3) is 11.0 Å². The zero-order chi connectivity index (χ0) is 14.4. The standard InChI is InChI=1S/C19H19NO/c1-19(16-7-8-18-14(11-16)9-10-21-18)13-20(2)12-15-5-3-4-6-17(15)19/h3-11H,12-13H2,1-2H3. The van der Waals surface area contributed by atoms with Crippen molar-refractivity contribution in [3.63, 3.8) is 0 Å². The second-order valence-electron chi connectivity index (χ2n) is 6.33. The smallest absolute Gasteiger partial charge is 0.133 e. The van der Waals surface area contributed by atoms with Gasteiger partial charge in [-0.3, -0.25) is 0 Å². The molecule has 2 aromatic carbocycles. The highest BCUT2D eigenvalue weighted by Crippen LogP contribution is 2.39. The molecule has 2 heteroatoms. The van der Waals surface area contributed by atoms with Gasteiger partial charge in [-0.2, -0.15) is 0 Å². The summed E-state index contributed by atoms with van der Waals surface area (Å²) in [6, 6.07) is 17.4. The van der Waals surface area contributed by atoms with Gasteiger partial charge in [0.05, 0.1) is 6.26 Å². The molecule has 0 amide bonds. The van der Waals surface area contributed by atoms with Gasteiger partial charge >= 0.3 is 0 Å². The predicted octanol–water partition coefficient (Wildman–Crippen LogP) is 4.18. The van der Waals surface area contributed by atoms with E-state index in [0.29, 0.717) is 0 Å². The number of rotatable bonds is 1. The zero-order valence-electron chi connectivity index (χ0n) is 12.5. The summed E-state index contributed by atoms with van der Waals surface area (Å²) in [6.07, 6.45) is 1.76. The fraction of sp³-hybridized carbons (Fsp3) is 0.263. The highest BCUT2D eigenvalue weighted by Gasteiger charge is 2.35.